The van der Waals surface area contributed by atoms with Crippen molar-refractivity contribution < 1.29 is 22.7 Å². The van der Waals surface area contributed by atoms with Gasteiger partial charge in [-0.3, -0.25) is 0 Å². The van der Waals surface area contributed by atoms with Gasteiger partial charge in [-0.25, -0.2) is 13.1 Å². The first-order valence-corrected chi connectivity index (χ1v) is 8.12. The molecule has 2 rings (SSSR count). The minimum atomic E-state index is -3.61. The van der Waals surface area contributed by atoms with Crippen molar-refractivity contribution in [1.82, 2.24) is 4.72 Å². The summed E-state index contributed by atoms with van der Waals surface area (Å²) in [6, 6.07) is 1.37. The van der Waals surface area contributed by atoms with Crippen LogP contribution in [0.2, 0.25) is 0 Å². The van der Waals surface area contributed by atoms with E-state index in [1.807, 2.05) is 0 Å². The second kappa shape index (κ2) is 5.85. The molecule has 1 aromatic heterocycles. The van der Waals surface area contributed by atoms with Crippen molar-refractivity contribution in [2.45, 2.75) is 38.2 Å². The average molecular weight is 303 g/mol. The molecule has 1 aliphatic rings. The van der Waals surface area contributed by atoms with Crippen LogP contribution >= 0.6 is 0 Å². The highest BCUT2D eigenvalue weighted by molar-refractivity contribution is 7.89. The van der Waals surface area contributed by atoms with Crippen LogP contribution in [-0.2, 0) is 21.4 Å². The molecule has 0 atom stereocenters. The molecule has 6 nitrogen and oxygen atoms in total. The lowest BCUT2D eigenvalue weighted by atomic mass is 9.83. The summed E-state index contributed by atoms with van der Waals surface area (Å²) in [5, 5.41) is 8.99. The first kappa shape index (κ1) is 15.5. The summed E-state index contributed by atoms with van der Waals surface area (Å²) in [4.78, 5) is 0.0946. The molecular weight excluding hydrogens is 282 g/mol. The maximum absolute atomic E-state index is 12.3. The normalized spacial score (nSPS) is 19.1. The Bertz CT molecular complexity index is 557. The van der Waals surface area contributed by atoms with Gasteiger partial charge in [-0.2, -0.15) is 0 Å². The van der Waals surface area contributed by atoms with Gasteiger partial charge in [-0.15, -0.1) is 0 Å². The van der Waals surface area contributed by atoms with Crippen molar-refractivity contribution in [2.24, 2.45) is 5.41 Å². The molecule has 0 amide bonds. The molecule has 1 aromatic rings. The van der Waals surface area contributed by atoms with E-state index in [9.17, 15) is 8.42 Å². The smallest absolute Gasteiger partial charge is 0.244 e. The van der Waals surface area contributed by atoms with E-state index in [1.54, 1.807) is 6.92 Å². The Labute approximate surface area is 119 Å². The van der Waals surface area contributed by atoms with E-state index in [-0.39, 0.29) is 22.7 Å². The number of aryl methyl sites for hydroxylation is 1. The highest BCUT2D eigenvalue weighted by Crippen LogP contribution is 2.29. The number of nitrogens with one attached hydrogen (secondary N) is 1. The maximum Gasteiger partial charge on any atom is 0.244 e. The quantitative estimate of drug-likeness (QED) is 0.852. The van der Waals surface area contributed by atoms with Gasteiger partial charge in [0.25, 0.3) is 0 Å². The highest BCUT2D eigenvalue weighted by Gasteiger charge is 2.30. The number of aliphatic hydroxyl groups is 1. The predicted molar refractivity (Wildman–Crippen MR) is 72.7 cm³/mol. The summed E-state index contributed by atoms with van der Waals surface area (Å²) >= 11 is 0. The average Bonchev–Trinajstić information content (AvgIpc) is 2.80. The summed E-state index contributed by atoms with van der Waals surface area (Å²) in [5.74, 6) is 0.541. The summed E-state index contributed by atoms with van der Waals surface area (Å²) in [5.41, 5.74) is -0.0806. The van der Waals surface area contributed by atoms with E-state index >= 15 is 0 Å². The molecule has 0 aromatic carbocycles. The fraction of sp³-hybridized carbons (Fsp3) is 0.692. The molecule has 2 N–H and O–H groups in total. The minimum Gasteiger partial charge on any atom is -0.462 e. The van der Waals surface area contributed by atoms with Gasteiger partial charge in [0.05, 0.1) is 0 Å². The Balaban J connectivity index is 2.08. The number of hydrogen-bond acceptors (Lipinski definition) is 5. The molecule has 2 heterocycles. The Morgan fingerprint density at radius 1 is 1.40 bits per heavy atom. The van der Waals surface area contributed by atoms with E-state index in [0.29, 0.717) is 25.5 Å². The third kappa shape index (κ3) is 3.41. The predicted octanol–water partition coefficient (Wildman–Crippen LogP) is 1.18. The molecule has 114 valence electrons. The Kier molecular flexibility index (Phi) is 4.53. The fourth-order valence-electron chi connectivity index (χ4n) is 2.26. The van der Waals surface area contributed by atoms with Crippen molar-refractivity contribution in [2.75, 3.05) is 19.8 Å². The van der Waals surface area contributed by atoms with Gasteiger partial charge < -0.3 is 14.3 Å². The van der Waals surface area contributed by atoms with E-state index in [1.165, 1.54) is 6.07 Å². The molecule has 7 heteroatoms. The van der Waals surface area contributed by atoms with Gasteiger partial charge in [-0.1, -0.05) is 6.92 Å². The molecule has 0 saturated carbocycles. The zero-order valence-corrected chi connectivity index (χ0v) is 12.6. The summed E-state index contributed by atoms with van der Waals surface area (Å²) in [6.45, 7) is 5.02. The molecular formula is C13H21NO5S. The van der Waals surface area contributed by atoms with Crippen LogP contribution in [0.3, 0.4) is 0 Å². The monoisotopic (exact) mass is 303 g/mol. The maximum atomic E-state index is 12.3. The molecule has 1 fully saturated rings. The SMILES string of the molecule is Cc1oc(CO)cc1S(=O)(=O)NCC1(C)CCOCC1. The highest BCUT2D eigenvalue weighted by atomic mass is 32.2. The summed E-state index contributed by atoms with van der Waals surface area (Å²) < 4.78 is 37.7. The van der Waals surface area contributed by atoms with Gasteiger partial charge in [0, 0.05) is 25.8 Å². The van der Waals surface area contributed by atoms with E-state index in [4.69, 9.17) is 14.3 Å². The Morgan fingerprint density at radius 2 is 2.05 bits per heavy atom. The third-order valence-corrected chi connectivity index (χ3v) is 5.27. The molecule has 20 heavy (non-hydrogen) atoms. The molecule has 1 saturated heterocycles. The minimum absolute atomic E-state index is 0.0806. The number of hydrogen-bond donors (Lipinski definition) is 2. The van der Waals surface area contributed by atoms with Crippen LogP contribution < -0.4 is 4.72 Å². The van der Waals surface area contributed by atoms with Crippen LogP contribution in [0.15, 0.2) is 15.4 Å². The second-order valence-electron chi connectivity index (χ2n) is 5.54. The third-order valence-electron chi connectivity index (χ3n) is 3.76. The van der Waals surface area contributed by atoms with Gasteiger partial charge in [0.1, 0.15) is 23.0 Å². The Hall–Kier alpha value is -0.890. The molecule has 0 spiro atoms. The van der Waals surface area contributed by atoms with Gasteiger partial charge >= 0.3 is 0 Å². The van der Waals surface area contributed by atoms with E-state index in [0.717, 1.165) is 12.8 Å². The lowest BCUT2D eigenvalue weighted by molar-refractivity contribution is 0.0264. The standard InChI is InChI=1S/C13H21NO5S/c1-10-12(7-11(8-15)19-10)20(16,17)14-9-13(2)3-5-18-6-4-13/h7,14-15H,3-6,8-9H2,1-2H3. The van der Waals surface area contributed by atoms with Crippen molar-refractivity contribution in [3.63, 3.8) is 0 Å². The number of furan rings is 1. The fourth-order valence-corrected chi connectivity index (χ4v) is 3.66. The van der Waals surface area contributed by atoms with Crippen LogP contribution in [0, 0.1) is 12.3 Å². The van der Waals surface area contributed by atoms with Crippen LogP contribution in [0.1, 0.15) is 31.3 Å². The number of ether oxygens (including phenoxy) is 1. The van der Waals surface area contributed by atoms with Crippen LogP contribution in [0.5, 0.6) is 0 Å². The number of rotatable bonds is 5. The Morgan fingerprint density at radius 3 is 2.60 bits per heavy atom. The van der Waals surface area contributed by atoms with E-state index in [2.05, 4.69) is 11.6 Å². The number of sulfonamides is 1. The second-order valence-corrected chi connectivity index (χ2v) is 7.27. The zero-order chi connectivity index (χ0) is 14.8. The first-order chi connectivity index (χ1) is 9.36. The lowest BCUT2D eigenvalue weighted by Gasteiger charge is -2.33. The van der Waals surface area contributed by atoms with Gasteiger partial charge in [-0.05, 0) is 25.2 Å². The summed E-state index contributed by atoms with van der Waals surface area (Å²) in [6.07, 6.45) is 1.67. The molecule has 0 radical (unpaired) electrons. The number of aliphatic hydroxyl groups excluding tert-OH is 1. The van der Waals surface area contributed by atoms with Crippen LogP contribution in [0.4, 0.5) is 0 Å². The zero-order valence-electron chi connectivity index (χ0n) is 11.8. The van der Waals surface area contributed by atoms with Crippen LogP contribution in [-0.4, -0.2) is 33.3 Å². The summed E-state index contributed by atoms with van der Waals surface area (Å²) in [7, 11) is -3.61. The van der Waals surface area contributed by atoms with Crippen molar-refractivity contribution in [1.29, 1.82) is 0 Å². The molecule has 1 aliphatic heterocycles. The van der Waals surface area contributed by atoms with E-state index < -0.39 is 10.0 Å². The molecule has 0 aliphatic carbocycles. The van der Waals surface area contributed by atoms with Crippen molar-refractivity contribution >= 4 is 10.0 Å². The first-order valence-electron chi connectivity index (χ1n) is 6.64. The molecule has 0 unspecified atom stereocenters. The van der Waals surface area contributed by atoms with Gasteiger partial charge in [0.2, 0.25) is 10.0 Å². The van der Waals surface area contributed by atoms with Gasteiger partial charge in [0.15, 0.2) is 0 Å². The van der Waals surface area contributed by atoms with Crippen LogP contribution in [0.25, 0.3) is 0 Å². The topological polar surface area (TPSA) is 88.8 Å². The molecule has 0 bridgehead atoms. The van der Waals surface area contributed by atoms with Crippen molar-refractivity contribution in [3.8, 4) is 0 Å². The largest absolute Gasteiger partial charge is 0.462 e. The van der Waals surface area contributed by atoms with Crippen molar-refractivity contribution in [3.05, 3.63) is 17.6 Å². The lowest BCUT2D eigenvalue weighted by Crippen LogP contribution is -2.39.